The molecule has 1 heterocycles. The summed E-state index contributed by atoms with van der Waals surface area (Å²) in [7, 11) is 1.88. The number of amides is 1. The zero-order chi connectivity index (χ0) is 19.5. The molecule has 0 radical (unpaired) electrons. The highest BCUT2D eigenvalue weighted by molar-refractivity contribution is 5.91. The van der Waals surface area contributed by atoms with Gasteiger partial charge in [-0.15, -0.1) is 0 Å². The van der Waals surface area contributed by atoms with Crippen molar-refractivity contribution in [3.63, 3.8) is 0 Å². The van der Waals surface area contributed by atoms with Gasteiger partial charge in [-0.2, -0.15) is 0 Å². The highest BCUT2D eigenvalue weighted by atomic mass is 16.2. The fourth-order valence-electron chi connectivity index (χ4n) is 3.98. The first kappa shape index (κ1) is 18.4. The Kier molecular flexibility index (Phi) is 5.20. The standard InChI is InChI=1S/C24H25N3O/c1-17-16-25-23(26-22(17)20-10-4-3-5-11-20)24(28)27(2)21-14-12-18-8-6-7-9-19(18)13-15-21/h3-11,16,21H,12-15H2,1-2H3. The molecule has 0 unspecified atom stereocenters. The van der Waals surface area contributed by atoms with Crippen LogP contribution >= 0.6 is 0 Å². The molecular weight excluding hydrogens is 346 g/mol. The van der Waals surface area contributed by atoms with Crippen molar-refractivity contribution in [1.29, 1.82) is 0 Å². The van der Waals surface area contributed by atoms with Crippen LogP contribution in [0.3, 0.4) is 0 Å². The van der Waals surface area contributed by atoms with Crippen LogP contribution in [0.5, 0.6) is 0 Å². The zero-order valence-electron chi connectivity index (χ0n) is 16.4. The first-order valence-electron chi connectivity index (χ1n) is 9.86. The molecule has 1 aliphatic rings. The Hall–Kier alpha value is -3.01. The van der Waals surface area contributed by atoms with Gasteiger partial charge in [0.05, 0.1) is 5.69 Å². The smallest absolute Gasteiger partial charge is 0.291 e. The third-order valence-electron chi connectivity index (χ3n) is 5.69. The molecular formula is C24H25N3O. The lowest BCUT2D eigenvalue weighted by atomic mass is 10.0. The van der Waals surface area contributed by atoms with Crippen molar-refractivity contribution >= 4 is 5.91 Å². The fourth-order valence-corrected chi connectivity index (χ4v) is 3.98. The van der Waals surface area contributed by atoms with Gasteiger partial charge in [-0.3, -0.25) is 4.79 Å². The van der Waals surface area contributed by atoms with Crippen molar-refractivity contribution in [3.8, 4) is 11.3 Å². The minimum atomic E-state index is -0.104. The van der Waals surface area contributed by atoms with E-state index >= 15 is 0 Å². The van der Waals surface area contributed by atoms with Crippen LogP contribution in [0.4, 0.5) is 0 Å². The highest BCUT2D eigenvalue weighted by Gasteiger charge is 2.25. The van der Waals surface area contributed by atoms with E-state index in [1.807, 2.05) is 49.2 Å². The number of fused-ring (bicyclic) bond motifs is 1. The van der Waals surface area contributed by atoms with Gasteiger partial charge in [0.1, 0.15) is 0 Å². The maximum absolute atomic E-state index is 13.1. The van der Waals surface area contributed by atoms with Crippen LogP contribution < -0.4 is 0 Å². The second kappa shape index (κ2) is 7.93. The normalized spacial score (nSPS) is 14.2. The summed E-state index contributed by atoms with van der Waals surface area (Å²) >= 11 is 0. The summed E-state index contributed by atoms with van der Waals surface area (Å²) in [6, 6.07) is 18.8. The van der Waals surface area contributed by atoms with E-state index < -0.39 is 0 Å². The summed E-state index contributed by atoms with van der Waals surface area (Å²) in [4.78, 5) is 23.9. The van der Waals surface area contributed by atoms with Crippen LogP contribution in [0.15, 0.2) is 60.8 Å². The van der Waals surface area contributed by atoms with Crippen molar-refractivity contribution in [2.75, 3.05) is 7.05 Å². The first-order valence-corrected chi connectivity index (χ1v) is 9.86. The van der Waals surface area contributed by atoms with Crippen molar-refractivity contribution in [2.45, 2.75) is 38.6 Å². The second-order valence-corrected chi connectivity index (χ2v) is 7.51. The monoisotopic (exact) mass is 371 g/mol. The molecule has 4 rings (SSSR count). The van der Waals surface area contributed by atoms with Crippen molar-refractivity contribution in [2.24, 2.45) is 0 Å². The molecule has 0 saturated carbocycles. The third kappa shape index (κ3) is 3.68. The summed E-state index contributed by atoms with van der Waals surface area (Å²) in [5, 5.41) is 0. The zero-order valence-corrected chi connectivity index (χ0v) is 16.4. The van der Waals surface area contributed by atoms with Gasteiger partial charge in [-0.1, -0.05) is 54.6 Å². The van der Waals surface area contributed by atoms with Crippen LogP contribution in [-0.2, 0) is 12.8 Å². The molecule has 1 amide bonds. The van der Waals surface area contributed by atoms with Gasteiger partial charge in [-0.25, -0.2) is 9.97 Å². The Morgan fingerprint density at radius 3 is 2.21 bits per heavy atom. The minimum Gasteiger partial charge on any atom is -0.336 e. The maximum atomic E-state index is 13.1. The molecule has 28 heavy (non-hydrogen) atoms. The Morgan fingerprint density at radius 2 is 1.57 bits per heavy atom. The van der Waals surface area contributed by atoms with Gasteiger partial charge >= 0.3 is 0 Å². The summed E-state index contributed by atoms with van der Waals surface area (Å²) in [5.41, 5.74) is 5.60. The summed E-state index contributed by atoms with van der Waals surface area (Å²) < 4.78 is 0. The van der Waals surface area contributed by atoms with Crippen LogP contribution in [0.1, 0.15) is 40.2 Å². The number of rotatable bonds is 3. The largest absolute Gasteiger partial charge is 0.336 e. The highest BCUT2D eigenvalue weighted by Crippen LogP contribution is 2.25. The summed E-state index contributed by atoms with van der Waals surface area (Å²) in [5.74, 6) is 0.168. The molecule has 3 aromatic rings. The number of aryl methyl sites for hydroxylation is 3. The van der Waals surface area contributed by atoms with Crippen LogP contribution in [-0.4, -0.2) is 33.9 Å². The quantitative estimate of drug-likeness (QED) is 0.638. The lowest BCUT2D eigenvalue weighted by molar-refractivity contribution is 0.0706. The number of hydrogen-bond acceptors (Lipinski definition) is 3. The van der Waals surface area contributed by atoms with E-state index in [0.717, 1.165) is 42.5 Å². The minimum absolute atomic E-state index is 0.104. The Morgan fingerprint density at radius 1 is 0.964 bits per heavy atom. The third-order valence-corrected chi connectivity index (χ3v) is 5.69. The lowest BCUT2D eigenvalue weighted by Gasteiger charge is -2.26. The average molecular weight is 371 g/mol. The molecule has 1 aliphatic carbocycles. The van der Waals surface area contributed by atoms with Gasteiger partial charge in [-0.05, 0) is 49.3 Å². The number of carbonyl (C=O) groups is 1. The molecule has 2 aromatic carbocycles. The maximum Gasteiger partial charge on any atom is 0.291 e. The number of nitrogens with zero attached hydrogens (tertiary/aromatic N) is 3. The molecule has 142 valence electrons. The molecule has 4 heteroatoms. The van der Waals surface area contributed by atoms with E-state index in [4.69, 9.17) is 0 Å². The number of aromatic nitrogens is 2. The van der Waals surface area contributed by atoms with Crippen LogP contribution in [0.25, 0.3) is 11.3 Å². The van der Waals surface area contributed by atoms with Gasteiger partial charge in [0.15, 0.2) is 0 Å². The molecule has 0 fully saturated rings. The Bertz CT molecular complexity index is 957. The summed E-state index contributed by atoms with van der Waals surface area (Å²) in [6.45, 7) is 1.98. The van der Waals surface area contributed by atoms with Crippen molar-refractivity contribution < 1.29 is 4.79 Å². The van der Waals surface area contributed by atoms with E-state index in [9.17, 15) is 4.79 Å². The molecule has 0 spiro atoms. The number of benzene rings is 2. The van der Waals surface area contributed by atoms with Gasteiger partial charge in [0, 0.05) is 24.8 Å². The van der Waals surface area contributed by atoms with Gasteiger partial charge in [0.2, 0.25) is 5.82 Å². The predicted molar refractivity (Wildman–Crippen MR) is 111 cm³/mol. The fraction of sp³-hybridized carbons (Fsp3) is 0.292. The van der Waals surface area contributed by atoms with Gasteiger partial charge in [0.25, 0.3) is 5.91 Å². The molecule has 0 saturated heterocycles. The van der Waals surface area contributed by atoms with E-state index in [1.54, 1.807) is 6.20 Å². The van der Waals surface area contributed by atoms with Crippen LogP contribution in [0, 0.1) is 6.92 Å². The van der Waals surface area contributed by atoms with E-state index in [-0.39, 0.29) is 17.8 Å². The van der Waals surface area contributed by atoms with E-state index in [0.29, 0.717) is 0 Å². The average Bonchev–Trinajstić information content (AvgIpc) is 2.96. The Balaban J connectivity index is 1.55. The number of carbonyl (C=O) groups excluding carboxylic acids is 1. The molecule has 0 N–H and O–H groups in total. The molecule has 4 nitrogen and oxygen atoms in total. The first-order chi connectivity index (χ1) is 13.6. The van der Waals surface area contributed by atoms with E-state index in [1.165, 1.54) is 11.1 Å². The molecule has 0 atom stereocenters. The van der Waals surface area contributed by atoms with E-state index in [2.05, 4.69) is 34.2 Å². The van der Waals surface area contributed by atoms with Gasteiger partial charge < -0.3 is 4.90 Å². The van der Waals surface area contributed by atoms with Crippen molar-refractivity contribution in [3.05, 3.63) is 83.3 Å². The lowest BCUT2D eigenvalue weighted by Crippen LogP contribution is -2.38. The van der Waals surface area contributed by atoms with Crippen LogP contribution in [0.2, 0.25) is 0 Å². The summed E-state index contributed by atoms with van der Waals surface area (Å²) in [6.07, 6.45) is 5.69. The topological polar surface area (TPSA) is 46.1 Å². The molecule has 0 aliphatic heterocycles. The predicted octanol–water partition coefficient (Wildman–Crippen LogP) is 4.47. The SMILES string of the molecule is Cc1cnc(C(=O)N(C)C2CCc3ccccc3CC2)nc1-c1ccccc1. The Labute approximate surface area is 166 Å². The number of hydrogen-bond donors (Lipinski definition) is 0. The van der Waals surface area contributed by atoms with Crippen molar-refractivity contribution in [1.82, 2.24) is 14.9 Å². The molecule has 1 aromatic heterocycles. The second-order valence-electron chi connectivity index (χ2n) is 7.51. The molecule has 0 bridgehead atoms.